The highest BCUT2D eigenvalue weighted by Crippen LogP contribution is 2.30. The molecule has 0 aliphatic carbocycles. The summed E-state index contributed by atoms with van der Waals surface area (Å²) in [7, 11) is 4.38. The van der Waals surface area contributed by atoms with Crippen molar-refractivity contribution in [3.63, 3.8) is 0 Å². The van der Waals surface area contributed by atoms with Crippen molar-refractivity contribution in [2.45, 2.75) is 39.7 Å². The summed E-state index contributed by atoms with van der Waals surface area (Å²) in [6.07, 6.45) is 1.30. The molecule has 0 saturated carbocycles. The van der Waals surface area contributed by atoms with Gasteiger partial charge in [0, 0.05) is 19.6 Å². The molecule has 98 valence electrons. The number of nitrogens with zero attached hydrogens (tertiary/aromatic N) is 2. The van der Waals surface area contributed by atoms with Gasteiger partial charge in [-0.15, -0.1) is 0 Å². The van der Waals surface area contributed by atoms with Crippen molar-refractivity contribution in [1.82, 2.24) is 9.80 Å². The summed E-state index contributed by atoms with van der Waals surface area (Å²) in [5.74, 6) is 0. The van der Waals surface area contributed by atoms with Gasteiger partial charge >= 0.3 is 0 Å². The predicted molar refractivity (Wildman–Crippen MR) is 71.0 cm³/mol. The van der Waals surface area contributed by atoms with Crippen LogP contribution in [0.25, 0.3) is 0 Å². The van der Waals surface area contributed by atoms with Gasteiger partial charge in [-0.2, -0.15) is 0 Å². The van der Waals surface area contributed by atoms with E-state index in [1.165, 1.54) is 19.5 Å². The Morgan fingerprint density at radius 3 is 2.06 bits per heavy atom. The smallest absolute Gasteiger partial charge is 0.0664 e. The van der Waals surface area contributed by atoms with Crippen molar-refractivity contribution in [2.75, 3.05) is 46.9 Å². The van der Waals surface area contributed by atoms with Crippen LogP contribution >= 0.6 is 0 Å². The zero-order valence-corrected chi connectivity index (χ0v) is 12.0. The van der Waals surface area contributed by atoms with E-state index in [9.17, 15) is 0 Å². The minimum atomic E-state index is 0.352. The molecule has 0 amide bonds. The van der Waals surface area contributed by atoms with Gasteiger partial charge in [-0.05, 0) is 20.5 Å². The van der Waals surface area contributed by atoms with E-state index in [1.807, 2.05) is 27.7 Å². The molecule has 0 radical (unpaired) electrons. The number of hydrogen-bond acceptors (Lipinski definition) is 3. The first-order valence-electron chi connectivity index (χ1n) is 6.70. The fraction of sp³-hybridized carbons (Fsp3) is 1.00. The van der Waals surface area contributed by atoms with Crippen LogP contribution in [0, 0.1) is 0 Å². The van der Waals surface area contributed by atoms with Crippen LogP contribution in [0.1, 0.15) is 34.1 Å². The van der Waals surface area contributed by atoms with Crippen LogP contribution in [-0.4, -0.2) is 62.3 Å². The van der Waals surface area contributed by atoms with Crippen LogP contribution in [0.15, 0.2) is 0 Å². The largest absolute Gasteiger partial charge is 0.378 e. The second-order valence-corrected chi connectivity index (χ2v) is 4.19. The van der Waals surface area contributed by atoms with Gasteiger partial charge in [0.25, 0.3) is 0 Å². The van der Waals surface area contributed by atoms with Crippen LogP contribution < -0.4 is 0 Å². The maximum atomic E-state index is 5.61. The number of likely N-dealkylation sites (N-methyl/N-ethyl adjacent to an activating group) is 2. The van der Waals surface area contributed by atoms with Gasteiger partial charge in [0.1, 0.15) is 0 Å². The summed E-state index contributed by atoms with van der Waals surface area (Å²) in [4.78, 5) is 4.80. The van der Waals surface area contributed by atoms with Crippen molar-refractivity contribution in [1.29, 1.82) is 0 Å². The molecule has 3 heteroatoms. The molecule has 2 saturated heterocycles. The third-order valence-corrected chi connectivity index (χ3v) is 3.27. The summed E-state index contributed by atoms with van der Waals surface area (Å²) in [5, 5.41) is 0. The first kappa shape index (κ1) is 15.9. The Kier molecular flexibility index (Phi) is 7.98. The van der Waals surface area contributed by atoms with E-state index in [0.717, 1.165) is 19.8 Å². The molecule has 2 aliphatic heterocycles. The summed E-state index contributed by atoms with van der Waals surface area (Å²) in [5.41, 5.74) is 0.352. The van der Waals surface area contributed by atoms with E-state index in [-0.39, 0.29) is 0 Å². The highest BCUT2D eigenvalue weighted by atomic mass is 16.5. The average molecular weight is 230 g/mol. The van der Waals surface area contributed by atoms with Gasteiger partial charge < -0.3 is 9.64 Å². The second-order valence-electron chi connectivity index (χ2n) is 4.19. The minimum Gasteiger partial charge on any atom is -0.378 e. The number of ether oxygens (including phenoxy) is 1. The van der Waals surface area contributed by atoms with Crippen LogP contribution in [0.2, 0.25) is 0 Å². The minimum absolute atomic E-state index is 0.352. The predicted octanol–water partition coefficient (Wildman–Crippen LogP) is 2.08. The summed E-state index contributed by atoms with van der Waals surface area (Å²) >= 11 is 0. The highest BCUT2D eigenvalue weighted by Gasteiger charge is 2.44. The average Bonchev–Trinajstić information content (AvgIpc) is 2.56. The Hall–Kier alpha value is -0.120. The molecule has 2 heterocycles. The monoisotopic (exact) mass is 230 g/mol. The Morgan fingerprint density at radius 1 is 1.00 bits per heavy atom. The Bertz CT molecular complexity index is 175. The zero-order valence-electron chi connectivity index (χ0n) is 12.0. The maximum Gasteiger partial charge on any atom is 0.0664 e. The summed E-state index contributed by atoms with van der Waals surface area (Å²) in [6.45, 7) is 13.3. The Balaban J connectivity index is 0.000000509. The molecule has 1 atom stereocenters. The third-order valence-electron chi connectivity index (χ3n) is 3.27. The van der Waals surface area contributed by atoms with Gasteiger partial charge in [0.2, 0.25) is 0 Å². The lowest BCUT2D eigenvalue weighted by molar-refractivity contribution is -0.0503. The SMILES string of the molecule is CC.CC.CN1CCOCC2(CCN2C)C1. The van der Waals surface area contributed by atoms with Crippen LogP contribution in [0.3, 0.4) is 0 Å². The summed E-state index contributed by atoms with van der Waals surface area (Å²) < 4.78 is 5.61. The zero-order chi connectivity index (χ0) is 12.6. The molecular formula is C13H30N2O. The van der Waals surface area contributed by atoms with Crippen molar-refractivity contribution < 1.29 is 4.74 Å². The molecule has 0 bridgehead atoms. The van der Waals surface area contributed by atoms with E-state index in [1.54, 1.807) is 0 Å². The molecule has 0 aromatic rings. The lowest BCUT2D eigenvalue weighted by Crippen LogP contribution is -2.64. The topological polar surface area (TPSA) is 15.7 Å². The van der Waals surface area contributed by atoms with Crippen molar-refractivity contribution in [2.24, 2.45) is 0 Å². The molecule has 0 aromatic heterocycles. The van der Waals surface area contributed by atoms with Crippen molar-refractivity contribution >= 4 is 0 Å². The van der Waals surface area contributed by atoms with Crippen LogP contribution in [0.4, 0.5) is 0 Å². The summed E-state index contributed by atoms with van der Waals surface area (Å²) in [6, 6.07) is 0. The molecule has 0 aromatic carbocycles. The standard InChI is InChI=1S/C9H18N2O.2C2H6/c1-10-5-6-12-8-9(7-10)3-4-11(9)2;2*1-2/h3-8H2,1-2H3;2*1-2H3. The van der Waals surface area contributed by atoms with Gasteiger partial charge in [-0.3, -0.25) is 4.90 Å². The molecule has 0 N–H and O–H groups in total. The number of likely N-dealkylation sites (tertiary alicyclic amines) is 1. The lowest BCUT2D eigenvalue weighted by atomic mass is 9.86. The molecule has 16 heavy (non-hydrogen) atoms. The molecule has 3 nitrogen and oxygen atoms in total. The van der Waals surface area contributed by atoms with E-state index in [0.29, 0.717) is 5.54 Å². The van der Waals surface area contributed by atoms with E-state index >= 15 is 0 Å². The Labute approximate surface area is 102 Å². The molecule has 2 fully saturated rings. The lowest BCUT2D eigenvalue weighted by Gasteiger charge is -2.51. The molecule has 2 aliphatic rings. The maximum absolute atomic E-state index is 5.61. The van der Waals surface area contributed by atoms with Gasteiger partial charge in [0.05, 0.1) is 18.8 Å². The fourth-order valence-electron chi connectivity index (χ4n) is 2.14. The molecule has 1 spiro atoms. The van der Waals surface area contributed by atoms with Crippen LogP contribution in [-0.2, 0) is 4.74 Å². The van der Waals surface area contributed by atoms with E-state index in [4.69, 9.17) is 4.74 Å². The van der Waals surface area contributed by atoms with Gasteiger partial charge in [-0.1, -0.05) is 27.7 Å². The van der Waals surface area contributed by atoms with Crippen molar-refractivity contribution in [3.8, 4) is 0 Å². The van der Waals surface area contributed by atoms with Crippen molar-refractivity contribution in [3.05, 3.63) is 0 Å². The first-order valence-corrected chi connectivity index (χ1v) is 6.70. The first-order chi connectivity index (χ1) is 7.73. The second kappa shape index (κ2) is 8.04. The van der Waals surface area contributed by atoms with Crippen LogP contribution in [0.5, 0.6) is 0 Å². The van der Waals surface area contributed by atoms with E-state index in [2.05, 4.69) is 23.9 Å². The number of hydrogen-bond donors (Lipinski definition) is 0. The fourth-order valence-corrected chi connectivity index (χ4v) is 2.14. The van der Waals surface area contributed by atoms with Gasteiger partial charge in [-0.25, -0.2) is 0 Å². The van der Waals surface area contributed by atoms with Gasteiger partial charge in [0.15, 0.2) is 0 Å². The normalized spacial score (nSPS) is 30.4. The molecule has 2 rings (SSSR count). The molecule has 1 unspecified atom stereocenters. The highest BCUT2D eigenvalue weighted by molar-refractivity contribution is 5.00. The Morgan fingerprint density at radius 2 is 1.62 bits per heavy atom. The number of rotatable bonds is 0. The molecular weight excluding hydrogens is 200 g/mol. The third kappa shape index (κ3) is 3.72. The van der Waals surface area contributed by atoms with E-state index < -0.39 is 0 Å². The quantitative estimate of drug-likeness (QED) is 0.633.